The predicted octanol–water partition coefficient (Wildman–Crippen LogP) is 5.70. The number of methoxy groups -OCH3 is 2. The van der Waals surface area contributed by atoms with Gasteiger partial charge in [-0.1, -0.05) is 35.9 Å². The smallest absolute Gasteiger partial charge is 0.290 e. The average Bonchev–Trinajstić information content (AvgIpc) is 3.15. The Hall–Kier alpha value is -3.84. The fourth-order valence-corrected chi connectivity index (χ4v) is 4.84. The summed E-state index contributed by atoms with van der Waals surface area (Å²) in [5, 5.41) is 0.659. The van der Waals surface area contributed by atoms with Gasteiger partial charge < -0.3 is 18.8 Å². The van der Waals surface area contributed by atoms with Crippen molar-refractivity contribution in [3.63, 3.8) is 0 Å². The Labute approximate surface area is 211 Å². The van der Waals surface area contributed by atoms with E-state index >= 15 is 4.39 Å². The molecule has 1 amide bonds. The maximum atomic E-state index is 15.0. The Kier molecular flexibility index (Phi) is 6.18. The Balaban J connectivity index is 1.62. The van der Waals surface area contributed by atoms with E-state index in [1.54, 1.807) is 51.5 Å². The maximum absolute atomic E-state index is 15.0. The molecule has 184 valence electrons. The number of benzene rings is 3. The summed E-state index contributed by atoms with van der Waals surface area (Å²) in [5.74, 6) is 0.0958. The van der Waals surface area contributed by atoms with Crippen molar-refractivity contribution in [2.45, 2.75) is 19.4 Å². The van der Waals surface area contributed by atoms with Crippen molar-refractivity contribution in [1.29, 1.82) is 0 Å². The Bertz CT molecular complexity index is 1560. The minimum absolute atomic E-state index is 0.0743. The molecule has 6 nitrogen and oxygen atoms in total. The van der Waals surface area contributed by atoms with Crippen molar-refractivity contribution < 1.29 is 23.1 Å². The molecule has 5 rings (SSSR count). The number of nitrogens with zero attached hydrogens (tertiary/aromatic N) is 1. The lowest BCUT2D eigenvalue weighted by Gasteiger charge is -2.25. The van der Waals surface area contributed by atoms with Crippen molar-refractivity contribution in [3.05, 3.63) is 104 Å². The van der Waals surface area contributed by atoms with Crippen LogP contribution in [0.15, 0.2) is 63.8 Å². The molecule has 1 aliphatic rings. The van der Waals surface area contributed by atoms with Crippen molar-refractivity contribution in [2.75, 3.05) is 20.8 Å². The number of hydrogen-bond donors (Lipinski definition) is 0. The second kappa shape index (κ2) is 9.32. The summed E-state index contributed by atoms with van der Waals surface area (Å²) >= 11 is 6.27. The molecule has 0 radical (unpaired) electrons. The SMILES string of the molecule is COc1ccc(CCN2C(=O)c3oc4cc(C)c(Cl)cc4c(=O)c3[C@H]2c2ccccc2F)cc1OC. The van der Waals surface area contributed by atoms with Crippen LogP contribution in [-0.2, 0) is 6.42 Å². The van der Waals surface area contributed by atoms with Crippen LogP contribution in [0.4, 0.5) is 4.39 Å². The van der Waals surface area contributed by atoms with Gasteiger partial charge in [-0.3, -0.25) is 9.59 Å². The van der Waals surface area contributed by atoms with E-state index in [0.717, 1.165) is 5.56 Å². The first kappa shape index (κ1) is 23.9. The minimum Gasteiger partial charge on any atom is -0.493 e. The van der Waals surface area contributed by atoms with Gasteiger partial charge in [-0.25, -0.2) is 4.39 Å². The van der Waals surface area contributed by atoms with Crippen LogP contribution >= 0.6 is 11.6 Å². The van der Waals surface area contributed by atoms with Crippen LogP contribution in [-0.4, -0.2) is 31.6 Å². The molecule has 0 saturated carbocycles. The lowest BCUT2D eigenvalue weighted by molar-refractivity contribution is 0.0728. The van der Waals surface area contributed by atoms with Gasteiger partial charge in [0.05, 0.1) is 31.2 Å². The van der Waals surface area contributed by atoms with Crippen molar-refractivity contribution in [2.24, 2.45) is 0 Å². The molecule has 4 aromatic rings. The molecule has 3 aromatic carbocycles. The summed E-state index contributed by atoms with van der Waals surface area (Å²) in [6, 6.07) is 13.9. The summed E-state index contributed by atoms with van der Waals surface area (Å²) < 4.78 is 31.7. The Morgan fingerprint density at radius 1 is 1.03 bits per heavy atom. The predicted molar refractivity (Wildman–Crippen MR) is 135 cm³/mol. The molecule has 2 heterocycles. The van der Waals surface area contributed by atoms with Gasteiger partial charge in [0.15, 0.2) is 16.9 Å². The number of carbonyl (C=O) groups is 1. The maximum Gasteiger partial charge on any atom is 0.290 e. The second-order valence-corrected chi connectivity index (χ2v) is 9.04. The molecular weight excluding hydrogens is 485 g/mol. The van der Waals surface area contributed by atoms with E-state index < -0.39 is 23.2 Å². The first-order valence-electron chi connectivity index (χ1n) is 11.4. The standard InChI is InChI=1S/C28H23ClFNO5/c1-15-12-22-18(14-19(15)29)26(32)24-25(17-6-4-5-7-20(17)30)31(28(33)27(24)36-22)11-10-16-8-9-21(34-2)23(13-16)35-3/h4-9,12-14,25H,10-11H2,1-3H3/t25-/m1/s1. The van der Waals surface area contributed by atoms with E-state index in [0.29, 0.717) is 28.5 Å². The normalized spacial score (nSPS) is 14.9. The number of aryl methyl sites for hydroxylation is 1. The van der Waals surface area contributed by atoms with Crippen LogP contribution < -0.4 is 14.9 Å². The Morgan fingerprint density at radius 3 is 2.50 bits per heavy atom. The van der Waals surface area contributed by atoms with Gasteiger partial charge in [0.25, 0.3) is 5.91 Å². The summed E-state index contributed by atoms with van der Waals surface area (Å²) in [5.41, 5.74) is 1.81. The van der Waals surface area contributed by atoms with Gasteiger partial charge in [0.2, 0.25) is 5.76 Å². The number of ether oxygens (including phenoxy) is 2. The van der Waals surface area contributed by atoms with Crippen molar-refractivity contribution in [1.82, 2.24) is 4.90 Å². The number of hydrogen-bond acceptors (Lipinski definition) is 5. The molecule has 1 atom stereocenters. The summed E-state index contributed by atoms with van der Waals surface area (Å²) in [6.45, 7) is 2.00. The summed E-state index contributed by atoms with van der Waals surface area (Å²) in [7, 11) is 3.10. The van der Waals surface area contributed by atoms with E-state index in [-0.39, 0.29) is 34.4 Å². The molecule has 0 fully saturated rings. The third-order valence-electron chi connectivity index (χ3n) is 6.54. The number of rotatable bonds is 6. The zero-order chi connectivity index (χ0) is 25.6. The molecule has 0 saturated heterocycles. The molecule has 36 heavy (non-hydrogen) atoms. The molecule has 0 unspecified atom stereocenters. The third kappa shape index (κ3) is 3.89. The fraction of sp³-hybridized carbons (Fsp3) is 0.214. The highest BCUT2D eigenvalue weighted by Crippen LogP contribution is 2.40. The zero-order valence-corrected chi connectivity index (χ0v) is 20.7. The number of amides is 1. The molecular formula is C28H23ClFNO5. The summed E-state index contributed by atoms with van der Waals surface area (Å²) in [6.07, 6.45) is 0.434. The molecule has 0 aliphatic carbocycles. The highest BCUT2D eigenvalue weighted by atomic mass is 35.5. The van der Waals surface area contributed by atoms with E-state index in [4.69, 9.17) is 25.5 Å². The molecule has 0 N–H and O–H groups in total. The van der Waals surface area contributed by atoms with E-state index in [2.05, 4.69) is 0 Å². The van der Waals surface area contributed by atoms with Crippen LogP contribution in [0.1, 0.15) is 38.9 Å². The topological polar surface area (TPSA) is 69.0 Å². The zero-order valence-electron chi connectivity index (χ0n) is 19.9. The first-order chi connectivity index (χ1) is 17.3. The first-order valence-corrected chi connectivity index (χ1v) is 11.7. The van der Waals surface area contributed by atoms with Crippen LogP contribution in [0.3, 0.4) is 0 Å². The van der Waals surface area contributed by atoms with E-state index in [1.165, 1.54) is 17.0 Å². The molecule has 0 bridgehead atoms. The summed E-state index contributed by atoms with van der Waals surface area (Å²) in [4.78, 5) is 28.7. The Morgan fingerprint density at radius 2 is 1.78 bits per heavy atom. The van der Waals surface area contributed by atoms with Crippen LogP contribution in [0.5, 0.6) is 11.5 Å². The molecule has 0 spiro atoms. The molecule has 8 heteroatoms. The second-order valence-electron chi connectivity index (χ2n) is 8.63. The lowest BCUT2D eigenvalue weighted by atomic mass is 9.97. The van der Waals surface area contributed by atoms with Crippen LogP contribution in [0, 0.1) is 12.7 Å². The number of fused-ring (bicyclic) bond motifs is 2. The van der Waals surface area contributed by atoms with E-state index in [9.17, 15) is 9.59 Å². The number of carbonyl (C=O) groups excluding carboxylic acids is 1. The largest absolute Gasteiger partial charge is 0.493 e. The number of halogens is 2. The van der Waals surface area contributed by atoms with Gasteiger partial charge in [-0.15, -0.1) is 0 Å². The quantitative estimate of drug-likeness (QED) is 0.335. The minimum atomic E-state index is -0.936. The van der Waals surface area contributed by atoms with Gasteiger partial charge in [-0.05, 0) is 54.8 Å². The van der Waals surface area contributed by atoms with E-state index in [1.807, 2.05) is 12.1 Å². The van der Waals surface area contributed by atoms with Crippen LogP contribution in [0.2, 0.25) is 5.02 Å². The molecule has 1 aromatic heterocycles. The lowest BCUT2D eigenvalue weighted by Crippen LogP contribution is -2.32. The fourth-order valence-electron chi connectivity index (χ4n) is 4.68. The van der Waals surface area contributed by atoms with Crippen molar-refractivity contribution >= 4 is 28.5 Å². The van der Waals surface area contributed by atoms with Crippen molar-refractivity contribution in [3.8, 4) is 11.5 Å². The van der Waals surface area contributed by atoms with Gasteiger partial charge in [-0.2, -0.15) is 0 Å². The average molecular weight is 508 g/mol. The molecule has 1 aliphatic heterocycles. The monoisotopic (exact) mass is 507 g/mol. The highest BCUT2D eigenvalue weighted by Gasteiger charge is 2.43. The third-order valence-corrected chi connectivity index (χ3v) is 6.94. The van der Waals surface area contributed by atoms with Gasteiger partial charge in [0, 0.05) is 17.1 Å². The van der Waals surface area contributed by atoms with Crippen LogP contribution in [0.25, 0.3) is 11.0 Å². The van der Waals surface area contributed by atoms with Gasteiger partial charge >= 0.3 is 0 Å². The highest BCUT2D eigenvalue weighted by molar-refractivity contribution is 6.32. The van der Waals surface area contributed by atoms with Gasteiger partial charge in [0.1, 0.15) is 11.4 Å².